The number of amides is 1. The van der Waals surface area contributed by atoms with Crippen molar-refractivity contribution in [3.8, 4) is 11.3 Å². The molecule has 2 heterocycles. The maximum absolute atomic E-state index is 12.4. The number of carbonyl (C=O) groups is 1. The highest BCUT2D eigenvalue weighted by atomic mass is 35.5. The van der Waals surface area contributed by atoms with Crippen molar-refractivity contribution in [2.45, 2.75) is 18.9 Å². The Kier molecular flexibility index (Phi) is 5.56. The van der Waals surface area contributed by atoms with Gasteiger partial charge in [-0.1, -0.05) is 41.6 Å². The molecule has 4 aromatic rings. The molecule has 2 aromatic heterocycles. The van der Waals surface area contributed by atoms with Crippen LogP contribution in [0.2, 0.25) is 5.02 Å². The van der Waals surface area contributed by atoms with Crippen molar-refractivity contribution in [3.05, 3.63) is 77.1 Å². The first-order chi connectivity index (χ1) is 14.0. The summed E-state index contributed by atoms with van der Waals surface area (Å²) in [6.45, 7) is 4.08. The van der Waals surface area contributed by atoms with Gasteiger partial charge in [0.2, 0.25) is 5.91 Å². The summed E-state index contributed by atoms with van der Waals surface area (Å²) in [7, 11) is 0. The molecule has 0 spiro atoms. The Balaban J connectivity index is 1.49. The van der Waals surface area contributed by atoms with Gasteiger partial charge < -0.3 is 5.32 Å². The molecular weight excluding hydrogens is 404 g/mol. The van der Waals surface area contributed by atoms with Gasteiger partial charge in [-0.3, -0.25) is 4.79 Å². The largest absolute Gasteiger partial charge is 0.325 e. The van der Waals surface area contributed by atoms with Gasteiger partial charge in [-0.05, 0) is 55.3 Å². The predicted octanol–water partition coefficient (Wildman–Crippen LogP) is 5.40. The van der Waals surface area contributed by atoms with E-state index in [0.717, 1.165) is 33.1 Å². The molecular formula is C22H19ClN4OS. The van der Waals surface area contributed by atoms with Gasteiger partial charge in [0.05, 0.1) is 17.0 Å². The zero-order valence-electron chi connectivity index (χ0n) is 16.0. The number of nitrogens with one attached hydrogen (secondary N) is 1. The number of carbonyl (C=O) groups excluding carboxylic acids is 1. The van der Waals surface area contributed by atoms with Gasteiger partial charge in [-0.15, -0.1) is 0 Å². The Labute approximate surface area is 178 Å². The average Bonchev–Trinajstić information content (AvgIpc) is 3.14. The van der Waals surface area contributed by atoms with Gasteiger partial charge in [-0.2, -0.15) is 5.10 Å². The maximum atomic E-state index is 12.4. The summed E-state index contributed by atoms with van der Waals surface area (Å²) < 4.78 is 1.78. The van der Waals surface area contributed by atoms with Crippen LogP contribution in [0.5, 0.6) is 0 Å². The number of anilines is 1. The third kappa shape index (κ3) is 4.44. The first-order valence-electron chi connectivity index (χ1n) is 9.10. The van der Waals surface area contributed by atoms with Crippen molar-refractivity contribution in [3.63, 3.8) is 0 Å². The van der Waals surface area contributed by atoms with Gasteiger partial charge >= 0.3 is 0 Å². The second-order valence-corrected chi connectivity index (χ2v) is 8.14. The zero-order valence-corrected chi connectivity index (χ0v) is 17.6. The molecule has 0 atom stereocenters. The monoisotopic (exact) mass is 422 g/mol. The van der Waals surface area contributed by atoms with E-state index in [1.165, 1.54) is 17.3 Å². The van der Waals surface area contributed by atoms with Gasteiger partial charge in [0, 0.05) is 28.7 Å². The molecule has 0 aliphatic rings. The van der Waals surface area contributed by atoms with Crippen molar-refractivity contribution in [2.75, 3.05) is 11.1 Å². The Hall–Kier alpha value is -2.83. The lowest BCUT2D eigenvalue weighted by Crippen LogP contribution is -2.14. The maximum Gasteiger partial charge on any atom is 0.234 e. The molecule has 2 aromatic carbocycles. The van der Waals surface area contributed by atoms with E-state index in [2.05, 4.69) is 15.4 Å². The van der Waals surface area contributed by atoms with E-state index in [9.17, 15) is 4.79 Å². The average molecular weight is 423 g/mol. The molecule has 7 heteroatoms. The minimum atomic E-state index is -0.0699. The van der Waals surface area contributed by atoms with Crippen molar-refractivity contribution in [1.82, 2.24) is 14.6 Å². The van der Waals surface area contributed by atoms with E-state index in [4.69, 9.17) is 11.6 Å². The van der Waals surface area contributed by atoms with Crippen LogP contribution in [-0.2, 0) is 4.79 Å². The summed E-state index contributed by atoms with van der Waals surface area (Å²) in [5.74, 6) is 0.195. The number of rotatable bonds is 5. The third-order valence-corrected chi connectivity index (χ3v) is 5.87. The summed E-state index contributed by atoms with van der Waals surface area (Å²) in [6, 6.07) is 15.4. The fraction of sp³-hybridized carbons (Fsp3) is 0.136. The van der Waals surface area contributed by atoms with Crippen LogP contribution in [0, 0.1) is 13.8 Å². The second-order valence-electron chi connectivity index (χ2n) is 6.73. The smallest absolute Gasteiger partial charge is 0.234 e. The van der Waals surface area contributed by atoms with Crippen LogP contribution < -0.4 is 5.32 Å². The van der Waals surface area contributed by atoms with E-state index in [-0.39, 0.29) is 11.7 Å². The SMILES string of the molecule is Cc1ccc(NC(=O)CSc2nccn3nc(-c4ccc(Cl)cc4)cc23)cc1C. The van der Waals surface area contributed by atoms with Gasteiger partial charge in [0.15, 0.2) is 0 Å². The van der Waals surface area contributed by atoms with Crippen LogP contribution in [0.15, 0.2) is 66.0 Å². The molecule has 0 unspecified atom stereocenters. The minimum absolute atomic E-state index is 0.0699. The number of fused-ring (bicyclic) bond motifs is 1. The van der Waals surface area contributed by atoms with E-state index in [1.54, 1.807) is 16.9 Å². The summed E-state index contributed by atoms with van der Waals surface area (Å²) in [5, 5.41) is 8.99. The lowest BCUT2D eigenvalue weighted by atomic mass is 10.1. The van der Waals surface area contributed by atoms with Crippen LogP contribution in [0.1, 0.15) is 11.1 Å². The van der Waals surface area contributed by atoms with Crippen LogP contribution in [0.4, 0.5) is 5.69 Å². The Morgan fingerprint density at radius 2 is 1.90 bits per heavy atom. The topological polar surface area (TPSA) is 59.3 Å². The van der Waals surface area contributed by atoms with Crippen molar-refractivity contribution >= 4 is 40.5 Å². The predicted molar refractivity (Wildman–Crippen MR) is 119 cm³/mol. The highest BCUT2D eigenvalue weighted by molar-refractivity contribution is 8.00. The van der Waals surface area contributed by atoms with Crippen molar-refractivity contribution in [1.29, 1.82) is 0 Å². The number of aryl methyl sites for hydroxylation is 2. The molecule has 1 N–H and O–H groups in total. The molecule has 0 aliphatic carbocycles. The molecule has 4 rings (SSSR count). The molecule has 0 aliphatic heterocycles. The Morgan fingerprint density at radius 3 is 2.66 bits per heavy atom. The number of halogens is 1. The lowest BCUT2D eigenvalue weighted by molar-refractivity contribution is -0.113. The minimum Gasteiger partial charge on any atom is -0.325 e. The Bertz CT molecular complexity index is 1190. The molecule has 29 heavy (non-hydrogen) atoms. The lowest BCUT2D eigenvalue weighted by Gasteiger charge is -2.07. The van der Waals surface area contributed by atoms with Gasteiger partial charge in [-0.25, -0.2) is 9.50 Å². The summed E-state index contributed by atoms with van der Waals surface area (Å²) in [4.78, 5) is 16.8. The van der Waals surface area contributed by atoms with Crippen LogP contribution in [-0.4, -0.2) is 26.3 Å². The summed E-state index contributed by atoms with van der Waals surface area (Å²) in [5.41, 5.74) is 5.82. The number of thioether (sulfide) groups is 1. The van der Waals surface area contributed by atoms with Crippen LogP contribution >= 0.6 is 23.4 Å². The quantitative estimate of drug-likeness (QED) is 0.437. The van der Waals surface area contributed by atoms with E-state index in [0.29, 0.717) is 5.02 Å². The van der Waals surface area contributed by atoms with Crippen molar-refractivity contribution < 1.29 is 4.79 Å². The standard InChI is InChI=1S/C22H19ClN4OS/c1-14-3-8-18(11-15(14)2)25-21(28)13-29-22-20-12-19(26-27(20)10-9-24-22)16-4-6-17(23)7-5-16/h3-12H,13H2,1-2H3,(H,25,28). The number of hydrogen-bond acceptors (Lipinski definition) is 4. The van der Waals surface area contributed by atoms with E-state index >= 15 is 0 Å². The van der Waals surface area contributed by atoms with Gasteiger partial charge in [0.25, 0.3) is 0 Å². The van der Waals surface area contributed by atoms with Crippen LogP contribution in [0.3, 0.4) is 0 Å². The third-order valence-electron chi connectivity index (χ3n) is 4.63. The number of nitrogens with zero attached hydrogens (tertiary/aromatic N) is 3. The van der Waals surface area contributed by atoms with E-state index in [1.807, 2.05) is 62.4 Å². The summed E-state index contributed by atoms with van der Waals surface area (Å²) >= 11 is 7.36. The summed E-state index contributed by atoms with van der Waals surface area (Å²) in [6.07, 6.45) is 3.49. The first-order valence-corrected chi connectivity index (χ1v) is 10.5. The zero-order chi connectivity index (χ0) is 20.4. The first kappa shape index (κ1) is 19.5. The number of benzene rings is 2. The number of aromatic nitrogens is 3. The molecule has 5 nitrogen and oxygen atoms in total. The van der Waals surface area contributed by atoms with Gasteiger partial charge in [0.1, 0.15) is 5.03 Å². The molecule has 0 radical (unpaired) electrons. The van der Waals surface area contributed by atoms with Crippen LogP contribution in [0.25, 0.3) is 16.8 Å². The second kappa shape index (κ2) is 8.27. The molecule has 0 bridgehead atoms. The fourth-order valence-corrected chi connectivity index (χ4v) is 3.82. The van der Waals surface area contributed by atoms with Crippen molar-refractivity contribution in [2.24, 2.45) is 0 Å². The highest BCUT2D eigenvalue weighted by Gasteiger charge is 2.12. The molecule has 0 fully saturated rings. The fourth-order valence-electron chi connectivity index (χ4n) is 2.92. The molecule has 1 amide bonds. The normalized spacial score (nSPS) is 11.0. The highest BCUT2D eigenvalue weighted by Crippen LogP contribution is 2.27. The molecule has 0 saturated carbocycles. The Morgan fingerprint density at radius 1 is 1.10 bits per heavy atom. The van der Waals surface area contributed by atoms with E-state index < -0.39 is 0 Å². The molecule has 146 valence electrons. The number of hydrogen-bond donors (Lipinski definition) is 1. The molecule has 0 saturated heterocycles.